The molecule has 0 radical (unpaired) electrons. The molecule has 0 aromatic rings. The number of rotatable bonds is 1. The van der Waals surface area contributed by atoms with Crippen molar-refractivity contribution in [3.8, 4) is 0 Å². The molecule has 0 spiro atoms. The molecule has 0 unspecified atom stereocenters. The Kier molecular flexibility index (Phi) is 1.73. The molecule has 7 heavy (non-hydrogen) atoms. The standard InChI is InChI=1S/C5H5.CH3.Al/c1-2-4-5-3-1;;/h1-5H;1H3;/q;;+1. The molecule has 0 aromatic heterocycles. The Balaban J connectivity index is 2.44. The molecule has 0 saturated carbocycles. The summed E-state index contributed by atoms with van der Waals surface area (Å²) in [6, 6.07) is 0. The summed E-state index contributed by atoms with van der Waals surface area (Å²) in [6.07, 6.45) is 8.77. The van der Waals surface area contributed by atoms with E-state index in [4.69, 9.17) is 0 Å². The van der Waals surface area contributed by atoms with Gasteiger partial charge in [-0.25, -0.2) is 0 Å². The molecule has 0 heterocycles. The van der Waals surface area contributed by atoms with Crippen LogP contribution in [-0.2, 0) is 0 Å². The van der Waals surface area contributed by atoms with E-state index in [9.17, 15) is 0 Å². The second-order valence-electron chi connectivity index (χ2n) is 1.68. The first-order valence-electron chi connectivity index (χ1n) is 2.58. The molecule has 34 valence electrons. The molecule has 1 heteroatoms. The SMILES string of the molecule is [CH3][Al+][CH]1C=CC=C1. The van der Waals surface area contributed by atoms with E-state index in [0.29, 0.717) is 15.2 Å². The van der Waals surface area contributed by atoms with Crippen LogP contribution in [-0.4, -0.2) is 15.2 Å². The van der Waals surface area contributed by atoms with Crippen molar-refractivity contribution < 1.29 is 0 Å². The fourth-order valence-corrected chi connectivity index (χ4v) is 1.37. The molecule has 0 N–H and O–H groups in total. The molecule has 0 fully saturated rings. The molecule has 0 atom stereocenters. The van der Waals surface area contributed by atoms with E-state index in [2.05, 4.69) is 30.1 Å². The fourth-order valence-electron chi connectivity index (χ4n) is 0.671. The van der Waals surface area contributed by atoms with Crippen LogP contribution in [0.25, 0.3) is 0 Å². The quantitative estimate of drug-likeness (QED) is 0.447. The third kappa shape index (κ3) is 1.19. The third-order valence-electron chi connectivity index (χ3n) is 1.16. The average Bonchev–Trinajstić information content (AvgIpc) is 2.14. The van der Waals surface area contributed by atoms with Crippen molar-refractivity contribution in [3.05, 3.63) is 24.3 Å². The average molecular weight is 107 g/mol. The van der Waals surface area contributed by atoms with E-state index in [-0.39, 0.29) is 0 Å². The minimum absolute atomic E-state index is 0.627. The van der Waals surface area contributed by atoms with Crippen molar-refractivity contribution >= 4 is 15.2 Å². The zero-order valence-corrected chi connectivity index (χ0v) is 5.62. The maximum absolute atomic E-state index is 2.28. The van der Waals surface area contributed by atoms with Crippen molar-refractivity contribution in [1.82, 2.24) is 0 Å². The summed E-state index contributed by atoms with van der Waals surface area (Å²) in [4.78, 5) is 0. The van der Waals surface area contributed by atoms with Gasteiger partial charge in [-0.1, -0.05) is 0 Å². The first-order chi connectivity index (χ1) is 3.43. The van der Waals surface area contributed by atoms with Gasteiger partial charge in [0.2, 0.25) is 0 Å². The molecule has 0 aliphatic heterocycles. The van der Waals surface area contributed by atoms with Crippen molar-refractivity contribution in [2.75, 3.05) is 0 Å². The molecule has 0 bridgehead atoms. The van der Waals surface area contributed by atoms with Crippen LogP contribution in [0.2, 0.25) is 10.6 Å². The summed E-state index contributed by atoms with van der Waals surface area (Å²) >= 11 is 0.627. The van der Waals surface area contributed by atoms with Gasteiger partial charge in [0, 0.05) is 0 Å². The van der Waals surface area contributed by atoms with Gasteiger partial charge in [0.1, 0.15) is 0 Å². The first-order valence-corrected chi connectivity index (χ1v) is 4.40. The maximum atomic E-state index is 2.28. The van der Waals surface area contributed by atoms with Crippen molar-refractivity contribution in [2.24, 2.45) is 0 Å². The Bertz CT molecular complexity index is 90.7. The van der Waals surface area contributed by atoms with Crippen molar-refractivity contribution in [1.29, 1.82) is 0 Å². The van der Waals surface area contributed by atoms with Gasteiger partial charge in [0.25, 0.3) is 0 Å². The van der Waals surface area contributed by atoms with Gasteiger partial charge in [-0.05, 0) is 0 Å². The summed E-state index contributed by atoms with van der Waals surface area (Å²) < 4.78 is 0.819. The van der Waals surface area contributed by atoms with Crippen LogP contribution in [0.15, 0.2) is 24.3 Å². The van der Waals surface area contributed by atoms with E-state index in [1.54, 1.807) is 0 Å². The Morgan fingerprint density at radius 2 is 1.86 bits per heavy atom. The van der Waals surface area contributed by atoms with Gasteiger partial charge in [0.15, 0.2) is 0 Å². The second-order valence-corrected chi connectivity index (χ2v) is 3.12. The molecule has 1 aliphatic rings. The molecule has 1 aliphatic carbocycles. The van der Waals surface area contributed by atoms with E-state index >= 15 is 0 Å². The summed E-state index contributed by atoms with van der Waals surface area (Å²) in [5, 5.41) is 0. The summed E-state index contributed by atoms with van der Waals surface area (Å²) in [7, 11) is 0. The van der Waals surface area contributed by atoms with Crippen LogP contribution in [0.1, 0.15) is 0 Å². The molecular weight excluding hydrogens is 99.0 g/mol. The normalized spacial score (nSPS) is 17.9. The molecule has 0 amide bonds. The summed E-state index contributed by atoms with van der Waals surface area (Å²) in [5.74, 6) is 2.28. The van der Waals surface area contributed by atoms with Gasteiger partial charge in [-0.2, -0.15) is 0 Å². The van der Waals surface area contributed by atoms with Gasteiger partial charge < -0.3 is 0 Å². The Labute approximate surface area is 50.6 Å². The van der Waals surface area contributed by atoms with Crippen LogP contribution in [0.4, 0.5) is 0 Å². The van der Waals surface area contributed by atoms with Crippen LogP contribution in [0, 0.1) is 0 Å². The molecular formula is C6H8Al+. The van der Waals surface area contributed by atoms with Crippen LogP contribution in [0.5, 0.6) is 0 Å². The Hall–Kier alpha value is 0.0125. The van der Waals surface area contributed by atoms with Crippen LogP contribution in [0.3, 0.4) is 0 Å². The van der Waals surface area contributed by atoms with E-state index in [1.807, 2.05) is 0 Å². The number of allylic oxidation sites excluding steroid dienone is 4. The molecule has 0 saturated heterocycles. The summed E-state index contributed by atoms with van der Waals surface area (Å²) in [6.45, 7) is 0. The number of hydrogen-bond acceptors (Lipinski definition) is 0. The molecule has 0 aromatic carbocycles. The second kappa shape index (κ2) is 2.35. The van der Waals surface area contributed by atoms with Gasteiger partial charge in [0.05, 0.1) is 0 Å². The Morgan fingerprint density at radius 1 is 1.29 bits per heavy atom. The predicted molar refractivity (Wildman–Crippen MR) is 33.6 cm³/mol. The van der Waals surface area contributed by atoms with Crippen LogP contribution < -0.4 is 0 Å². The van der Waals surface area contributed by atoms with Gasteiger partial charge in [-0.3, -0.25) is 0 Å². The zero-order chi connectivity index (χ0) is 5.11. The predicted octanol–water partition coefficient (Wildman–Crippen LogP) is 1.65. The van der Waals surface area contributed by atoms with E-state index in [1.165, 1.54) is 0 Å². The third-order valence-corrected chi connectivity index (χ3v) is 2.38. The van der Waals surface area contributed by atoms with Gasteiger partial charge in [-0.15, -0.1) is 0 Å². The monoisotopic (exact) mass is 107 g/mol. The molecule has 1 rings (SSSR count). The van der Waals surface area contributed by atoms with Gasteiger partial charge >= 0.3 is 50.1 Å². The Morgan fingerprint density at radius 3 is 2.14 bits per heavy atom. The van der Waals surface area contributed by atoms with Crippen LogP contribution >= 0.6 is 0 Å². The first kappa shape index (κ1) is 5.16. The van der Waals surface area contributed by atoms with Crippen molar-refractivity contribution in [3.63, 3.8) is 0 Å². The summed E-state index contributed by atoms with van der Waals surface area (Å²) in [5.41, 5.74) is 0. The van der Waals surface area contributed by atoms with Crippen molar-refractivity contribution in [2.45, 2.75) is 10.6 Å². The van der Waals surface area contributed by atoms with E-state index < -0.39 is 0 Å². The fraction of sp³-hybridized carbons (Fsp3) is 0.333. The minimum atomic E-state index is 0.627. The topological polar surface area (TPSA) is 0 Å². The number of hydrogen-bond donors (Lipinski definition) is 0. The van der Waals surface area contributed by atoms with E-state index in [0.717, 1.165) is 4.78 Å². The molecule has 0 nitrogen and oxygen atoms in total. The zero-order valence-electron chi connectivity index (χ0n) is 4.46.